The van der Waals surface area contributed by atoms with E-state index in [1.165, 1.54) is 51.4 Å². The van der Waals surface area contributed by atoms with E-state index in [0.717, 1.165) is 29.6 Å². The predicted octanol–water partition coefficient (Wildman–Crippen LogP) is 7.62. The second kappa shape index (κ2) is 9.99. The van der Waals surface area contributed by atoms with Crippen LogP contribution in [-0.4, -0.2) is 0 Å². The minimum absolute atomic E-state index is 1.01. The summed E-state index contributed by atoms with van der Waals surface area (Å²) in [4.78, 5) is 0. The number of hydrogen-bond acceptors (Lipinski definition) is 0. The summed E-state index contributed by atoms with van der Waals surface area (Å²) < 4.78 is 0. The standard InChI is InChI=1S/C22H42/c1-4-6-7-8-10-19-11-14-21(15-12-19)22-16-13-20(9-5-2)17-18(22)3/h18-22H,4-17H2,1-3H3. The highest BCUT2D eigenvalue weighted by Gasteiger charge is 2.34. The van der Waals surface area contributed by atoms with Crippen LogP contribution in [0.3, 0.4) is 0 Å². The first-order valence-corrected chi connectivity index (χ1v) is 10.7. The molecular weight excluding hydrogens is 264 g/mol. The van der Waals surface area contributed by atoms with Gasteiger partial charge in [0.25, 0.3) is 0 Å². The number of rotatable bonds is 8. The van der Waals surface area contributed by atoms with Crippen molar-refractivity contribution in [3.05, 3.63) is 0 Å². The van der Waals surface area contributed by atoms with Gasteiger partial charge in [-0.2, -0.15) is 0 Å². The van der Waals surface area contributed by atoms with Crippen molar-refractivity contribution in [1.29, 1.82) is 0 Å². The van der Waals surface area contributed by atoms with Gasteiger partial charge in [-0.25, -0.2) is 0 Å². The van der Waals surface area contributed by atoms with Crippen molar-refractivity contribution in [1.82, 2.24) is 0 Å². The van der Waals surface area contributed by atoms with Crippen molar-refractivity contribution in [3.63, 3.8) is 0 Å². The Morgan fingerprint density at radius 1 is 0.682 bits per heavy atom. The van der Waals surface area contributed by atoms with E-state index >= 15 is 0 Å². The van der Waals surface area contributed by atoms with Crippen molar-refractivity contribution < 1.29 is 0 Å². The smallest absolute Gasteiger partial charge is 0.0360 e. The van der Waals surface area contributed by atoms with E-state index in [4.69, 9.17) is 0 Å². The Balaban J connectivity index is 1.66. The molecule has 3 atom stereocenters. The maximum atomic E-state index is 2.57. The molecule has 0 aromatic rings. The fourth-order valence-corrected chi connectivity index (χ4v) is 5.67. The van der Waals surface area contributed by atoms with Crippen molar-refractivity contribution in [2.75, 3.05) is 0 Å². The Morgan fingerprint density at radius 2 is 1.41 bits per heavy atom. The monoisotopic (exact) mass is 306 g/mol. The summed E-state index contributed by atoms with van der Waals surface area (Å²) in [5.74, 6) is 5.32. The van der Waals surface area contributed by atoms with Crippen LogP contribution in [0.1, 0.15) is 111 Å². The molecule has 2 aliphatic rings. The first-order valence-electron chi connectivity index (χ1n) is 10.7. The van der Waals surface area contributed by atoms with Crippen LogP contribution in [0.5, 0.6) is 0 Å². The van der Waals surface area contributed by atoms with Crippen LogP contribution in [0.25, 0.3) is 0 Å². The van der Waals surface area contributed by atoms with E-state index in [-0.39, 0.29) is 0 Å². The SMILES string of the molecule is CCCCCCC1CCC(C2CCC(CCC)CC2C)CC1. The summed E-state index contributed by atoms with van der Waals surface area (Å²) in [6.45, 7) is 7.25. The Morgan fingerprint density at radius 3 is 2.05 bits per heavy atom. The molecule has 2 rings (SSSR count). The molecule has 0 heterocycles. The maximum Gasteiger partial charge on any atom is -0.0360 e. The predicted molar refractivity (Wildman–Crippen MR) is 99.1 cm³/mol. The number of unbranched alkanes of at least 4 members (excludes halogenated alkanes) is 3. The van der Waals surface area contributed by atoms with Crippen LogP contribution >= 0.6 is 0 Å². The molecule has 2 aliphatic carbocycles. The van der Waals surface area contributed by atoms with Crippen molar-refractivity contribution in [2.45, 2.75) is 111 Å². The van der Waals surface area contributed by atoms with Gasteiger partial charge in [0.05, 0.1) is 0 Å². The topological polar surface area (TPSA) is 0 Å². The van der Waals surface area contributed by atoms with Crippen LogP contribution < -0.4 is 0 Å². The second-order valence-electron chi connectivity index (χ2n) is 8.74. The van der Waals surface area contributed by atoms with E-state index in [1.807, 2.05) is 0 Å². The summed E-state index contributed by atoms with van der Waals surface area (Å²) in [5.41, 5.74) is 0. The Kier molecular flexibility index (Phi) is 8.33. The van der Waals surface area contributed by atoms with Gasteiger partial charge in [0, 0.05) is 0 Å². The molecule has 0 amide bonds. The molecule has 0 heteroatoms. The van der Waals surface area contributed by atoms with Gasteiger partial charge in [0.15, 0.2) is 0 Å². The van der Waals surface area contributed by atoms with Gasteiger partial charge in [-0.1, -0.05) is 85.0 Å². The molecule has 0 radical (unpaired) electrons. The van der Waals surface area contributed by atoms with Crippen LogP contribution in [0.4, 0.5) is 0 Å². The van der Waals surface area contributed by atoms with E-state index in [2.05, 4.69) is 20.8 Å². The van der Waals surface area contributed by atoms with Crippen molar-refractivity contribution in [3.8, 4) is 0 Å². The summed E-state index contributed by atoms with van der Waals surface area (Å²) >= 11 is 0. The summed E-state index contributed by atoms with van der Waals surface area (Å²) in [6, 6.07) is 0. The second-order valence-corrected chi connectivity index (χ2v) is 8.74. The highest BCUT2D eigenvalue weighted by Crippen LogP contribution is 2.45. The number of hydrogen-bond donors (Lipinski definition) is 0. The fourth-order valence-electron chi connectivity index (χ4n) is 5.67. The zero-order chi connectivity index (χ0) is 15.8. The molecule has 130 valence electrons. The van der Waals surface area contributed by atoms with Crippen molar-refractivity contribution in [2.24, 2.45) is 29.6 Å². The Labute approximate surface area is 140 Å². The average Bonchev–Trinajstić information content (AvgIpc) is 2.53. The van der Waals surface area contributed by atoms with Crippen LogP contribution in [0, 0.1) is 29.6 Å². The summed E-state index contributed by atoms with van der Waals surface area (Å²) in [7, 11) is 0. The zero-order valence-electron chi connectivity index (χ0n) is 15.8. The molecule has 0 aromatic heterocycles. The van der Waals surface area contributed by atoms with Gasteiger partial charge in [0.1, 0.15) is 0 Å². The molecule has 22 heavy (non-hydrogen) atoms. The Bertz CT molecular complexity index is 274. The first-order chi connectivity index (χ1) is 10.7. The fraction of sp³-hybridized carbons (Fsp3) is 1.00. The molecule has 0 aromatic carbocycles. The molecule has 0 aliphatic heterocycles. The third kappa shape index (κ3) is 5.57. The average molecular weight is 307 g/mol. The maximum absolute atomic E-state index is 2.57. The van der Waals surface area contributed by atoms with Gasteiger partial charge in [-0.05, 0) is 55.3 Å². The summed E-state index contributed by atoms with van der Waals surface area (Å²) in [5, 5.41) is 0. The highest BCUT2D eigenvalue weighted by molar-refractivity contribution is 4.85. The minimum Gasteiger partial charge on any atom is -0.0654 e. The molecule has 2 fully saturated rings. The molecule has 0 saturated heterocycles. The van der Waals surface area contributed by atoms with E-state index in [9.17, 15) is 0 Å². The molecule has 2 saturated carbocycles. The lowest BCUT2D eigenvalue weighted by Crippen LogP contribution is -2.31. The highest BCUT2D eigenvalue weighted by atomic mass is 14.4. The van der Waals surface area contributed by atoms with E-state index in [0.29, 0.717) is 0 Å². The third-order valence-corrected chi connectivity index (χ3v) is 7.00. The van der Waals surface area contributed by atoms with E-state index < -0.39 is 0 Å². The first kappa shape index (κ1) is 18.3. The van der Waals surface area contributed by atoms with Gasteiger partial charge in [-0.3, -0.25) is 0 Å². The van der Waals surface area contributed by atoms with Crippen molar-refractivity contribution >= 4 is 0 Å². The lowest BCUT2D eigenvalue weighted by atomic mass is 9.64. The quantitative estimate of drug-likeness (QED) is 0.405. The van der Waals surface area contributed by atoms with Gasteiger partial charge < -0.3 is 0 Å². The minimum atomic E-state index is 1.01. The Hall–Kier alpha value is 0. The lowest BCUT2D eigenvalue weighted by molar-refractivity contribution is 0.0924. The normalized spacial score (nSPS) is 36.4. The van der Waals surface area contributed by atoms with Gasteiger partial charge >= 0.3 is 0 Å². The summed E-state index contributed by atoms with van der Waals surface area (Å²) in [6.07, 6.45) is 21.1. The largest absolute Gasteiger partial charge is 0.0654 e. The molecule has 0 spiro atoms. The third-order valence-electron chi connectivity index (χ3n) is 7.00. The van der Waals surface area contributed by atoms with Gasteiger partial charge in [-0.15, -0.1) is 0 Å². The van der Waals surface area contributed by atoms with Crippen LogP contribution in [0.2, 0.25) is 0 Å². The van der Waals surface area contributed by atoms with Crippen LogP contribution in [0.15, 0.2) is 0 Å². The van der Waals surface area contributed by atoms with E-state index in [1.54, 1.807) is 38.5 Å². The molecular formula is C22H42. The lowest BCUT2D eigenvalue weighted by Gasteiger charge is -2.41. The zero-order valence-corrected chi connectivity index (χ0v) is 15.8. The van der Waals surface area contributed by atoms with Crippen LogP contribution in [-0.2, 0) is 0 Å². The molecule has 0 nitrogen and oxygen atoms in total. The molecule has 0 bridgehead atoms. The molecule has 3 unspecified atom stereocenters. The molecule has 0 N–H and O–H groups in total. The van der Waals surface area contributed by atoms with Gasteiger partial charge in [0.2, 0.25) is 0 Å².